The lowest BCUT2D eigenvalue weighted by atomic mass is 10.0. The second-order valence-electron chi connectivity index (χ2n) is 5.79. The van der Waals surface area contributed by atoms with Crippen molar-refractivity contribution in [2.45, 2.75) is 32.7 Å². The van der Waals surface area contributed by atoms with Crippen LogP contribution in [0.5, 0.6) is 0 Å². The van der Waals surface area contributed by atoms with Gasteiger partial charge in [-0.15, -0.1) is 0 Å². The van der Waals surface area contributed by atoms with E-state index in [1.165, 1.54) is 12.3 Å². The highest BCUT2D eigenvalue weighted by Gasteiger charge is 2.30. The molecule has 1 aromatic heterocycles. The summed E-state index contributed by atoms with van der Waals surface area (Å²) in [5.41, 5.74) is 0.485. The van der Waals surface area contributed by atoms with E-state index in [1.54, 1.807) is 6.92 Å². The molecule has 1 aliphatic carbocycles. The molecule has 2 aromatic rings. The normalized spacial score (nSPS) is 14.0. The molecule has 3 rings (SSSR count). The van der Waals surface area contributed by atoms with E-state index in [-0.39, 0.29) is 29.2 Å². The van der Waals surface area contributed by atoms with E-state index in [9.17, 15) is 19.5 Å². The highest BCUT2D eigenvalue weighted by molar-refractivity contribution is 9.10. The molecule has 1 aliphatic rings. The summed E-state index contributed by atoms with van der Waals surface area (Å²) in [5, 5.41) is 9.57. The topological polar surface area (TPSA) is 85.6 Å². The maximum absolute atomic E-state index is 12.8. The predicted molar refractivity (Wildman–Crippen MR) is 91.8 cm³/mol. The van der Waals surface area contributed by atoms with Crippen molar-refractivity contribution in [2.75, 3.05) is 6.61 Å². The van der Waals surface area contributed by atoms with Crippen LogP contribution in [0.3, 0.4) is 0 Å². The number of aromatic nitrogens is 1. The number of carboxylic acids is 1. The quantitative estimate of drug-likeness (QED) is 0.805. The highest BCUT2D eigenvalue weighted by atomic mass is 79.9. The Hall–Kier alpha value is -2.15. The highest BCUT2D eigenvalue weighted by Crippen LogP contribution is 2.39. The smallest absolute Gasteiger partial charge is 0.343 e. The first-order valence-corrected chi connectivity index (χ1v) is 8.44. The number of halogens is 1. The molecule has 0 aliphatic heterocycles. The molecular weight excluding hydrogens is 378 g/mol. The number of benzene rings is 1. The number of nitrogens with zero attached hydrogens (tertiary/aromatic N) is 1. The summed E-state index contributed by atoms with van der Waals surface area (Å²) in [5.74, 6) is -1.93. The molecule has 1 aromatic carbocycles. The molecule has 0 saturated heterocycles. The van der Waals surface area contributed by atoms with Crippen LogP contribution in [0.15, 0.2) is 21.5 Å². The summed E-state index contributed by atoms with van der Waals surface area (Å²) in [6, 6.07) is 1.57. The van der Waals surface area contributed by atoms with Crippen LogP contribution < -0.4 is 5.43 Å². The Bertz CT molecular complexity index is 927. The van der Waals surface area contributed by atoms with Gasteiger partial charge in [-0.25, -0.2) is 9.59 Å². The number of rotatable bonds is 4. The lowest BCUT2D eigenvalue weighted by Crippen LogP contribution is -2.23. The maximum atomic E-state index is 12.8. The lowest BCUT2D eigenvalue weighted by molar-refractivity contribution is 0.0523. The fourth-order valence-electron chi connectivity index (χ4n) is 2.85. The van der Waals surface area contributed by atoms with Crippen molar-refractivity contribution in [1.29, 1.82) is 0 Å². The van der Waals surface area contributed by atoms with Crippen molar-refractivity contribution < 1.29 is 19.4 Å². The number of esters is 1. The van der Waals surface area contributed by atoms with Gasteiger partial charge in [-0.05, 0) is 38.3 Å². The van der Waals surface area contributed by atoms with Crippen molar-refractivity contribution in [2.24, 2.45) is 0 Å². The van der Waals surface area contributed by atoms with Gasteiger partial charge in [0.05, 0.1) is 23.1 Å². The fourth-order valence-corrected chi connectivity index (χ4v) is 3.27. The van der Waals surface area contributed by atoms with Crippen LogP contribution in [0.25, 0.3) is 10.9 Å². The van der Waals surface area contributed by atoms with E-state index in [4.69, 9.17) is 4.74 Å². The van der Waals surface area contributed by atoms with E-state index in [0.717, 1.165) is 18.4 Å². The van der Waals surface area contributed by atoms with Gasteiger partial charge in [0.25, 0.3) is 0 Å². The number of ether oxygens (including phenoxy) is 1. The molecule has 6 nitrogen and oxygen atoms in total. The van der Waals surface area contributed by atoms with Crippen LogP contribution in [0.2, 0.25) is 0 Å². The van der Waals surface area contributed by atoms with Crippen molar-refractivity contribution in [3.05, 3.63) is 43.6 Å². The van der Waals surface area contributed by atoms with Gasteiger partial charge >= 0.3 is 11.9 Å². The molecule has 1 saturated carbocycles. The van der Waals surface area contributed by atoms with Gasteiger partial charge in [-0.2, -0.15) is 0 Å². The van der Waals surface area contributed by atoms with Crippen LogP contribution >= 0.6 is 15.9 Å². The zero-order valence-electron chi connectivity index (χ0n) is 13.3. The Balaban J connectivity index is 2.47. The van der Waals surface area contributed by atoms with Gasteiger partial charge in [0.15, 0.2) is 0 Å². The molecule has 0 bridgehead atoms. The molecule has 0 radical (unpaired) electrons. The minimum Gasteiger partial charge on any atom is -0.478 e. The van der Waals surface area contributed by atoms with Crippen molar-refractivity contribution in [3.8, 4) is 0 Å². The van der Waals surface area contributed by atoms with Gasteiger partial charge in [-0.3, -0.25) is 4.79 Å². The summed E-state index contributed by atoms with van der Waals surface area (Å²) in [4.78, 5) is 36.6. The molecule has 0 atom stereocenters. The number of carbonyl (C=O) groups excluding carboxylic acids is 1. The van der Waals surface area contributed by atoms with Crippen LogP contribution in [0, 0.1) is 6.92 Å². The minimum atomic E-state index is -1.21. The van der Waals surface area contributed by atoms with E-state index in [2.05, 4.69) is 15.9 Å². The van der Waals surface area contributed by atoms with Gasteiger partial charge in [0.1, 0.15) is 5.56 Å². The number of carbonyl (C=O) groups is 2. The number of pyridine rings is 1. The first-order valence-electron chi connectivity index (χ1n) is 7.65. The zero-order chi connectivity index (χ0) is 17.6. The Morgan fingerprint density at radius 2 is 2.04 bits per heavy atom. The van der Waals surface area contributed by atoms with E-state index >= 15 is 0 Å². The summed E-state index contributed by atoms with van der Waals surface area (Å²) in [7, 11) is 0. The Morgan fingerprint density at radius 3 is 2.58 bits per heavy atom. The minimum absolute atomic E-state index is 0.0562. The molecular formula is C17H16BrNO5. The van der Waals surface area contributed by atoms with Crippen LogP contribution in [-0.2, 0) is 4.74 Å². The fraction of sp³-hybridized carbons (Fsp3) is 0.353. The van der Waals surface area contributed by atoms with Crippen LogP contribution in [0.1, 0.15) is 52.1 Å². The third-order valence-electron chi connectivity index (χ3n) is 4.15. The zero-order valence-corrected chi connectivity index (χ0v) is 14.8. The van der Waals surface area contributed by atoms with Gasteiger partial charge in [0, 0.05) is 16.7 Å². The molecule has 0 unspecified atom stereocenters. The third-order valence-corrected chi connectivity index (χ3v) is 4.98. The Labute approximate surface area is 146 Å². The predicted octanol–water partition coefficient (Wildman–Crippen LogP) is 3.28. The molecule has 0 spiro atoms. The molecule has 126 valence electrons. The van der Waals surface area contributed by atoms with E-state index in [0.29, 0.717) is 9.99 Å². The first-order chi connectivity index (χ1) is 11.4. The summed E-state index contributed by atoms with van der Waals surface area (Å²) in [6.07, 6.45) is 3.36. The summed E-state index contributed by atoms with van der Waals surface area (Å²) >= 11 is 3.37. The van der Waals surface area contributed by atoms with Gasteiger partial charge < -0.3 is 14.4 Å². The average molecular weight is 394 g/mol. The number of hydrogen-bond acceptors (Lipinski definition) is 4. The van der Waals surface area contributed by atoms with Gasteiger partial charge in [-0.1, -0.05) is 15.9 Å². The van der Waals surface area contributed by atoms with E-state index < -0.39 is 17.4 Å². The molecule has 1 N–H and O–H groups in total. The number of fused-ring (bicyclic) bond motifs is 1. The largest absolute Gasteiger partial charge is 0.478 e. The standard InChI is InChI=1S/C17H16BrNO5/c1-3-24-17(23)11-7-19(9-4-5-9)14-8(2)12(18)6-10(16(21)22)13(14)15(11)20/h6-7,9H,3-5H2,1-2H3,(H,21,22). The van der Waals surface area contributed by atoms with Crippen LogP contribution in [0.4, 0.5) is 0 Å². The Kier molecular flexibility index (Phi) is 4.21. The number of hydrogen-bond donors (Lipinski definition) is 1. The third kappa shape index (κ3) is 2.62. The molecule has 1 fully saturated rings. The maximum Gasteiger partial charge on any atom is 0.343 e. The molecule has 7 heteroatoms. The number of aromatic carboxylic acids is 1. The average Bonchev–Trinajstić information content (AvgIpc) is 3.35. The molecule has 24 heavy (non-hydrogen) atoms. The Morgan fingerprint density at radius 1 is 1.38 bits per heavy atom. The van der Waals surface area contributed by atoms with Gasteiger partial charge in [0.2, 0.25) is 5.43 Å². The molecule has 1 heterocycles. The second kappa shape index (κ2) is 6.05. The number of carboxylic acid groups (broad SMARTS) is 1. The lowest BCUT2D eigenvalue weighted by Gasteiger charge is -2.17. The van der Waals surface area contributed by atoms with Crippen LogP contribution in [-0.4, -0.2) is 28.2 Å². The van der Waals surface area contributed by atoms with E-state index in [1.807, 2.05) is 11.5 Å². The first kappa shape index (κ1) is 16.7. The monoisotopic (exact) mass is 393 g/mol. The van der Waals surface area contributed by atoms with Crippen molar-refractivity contribution in [3.63, 3.8) is 0 Å². The number of aryl methyl sites for hydroxylation is 1. The molecule has 0 amide bonds. The summed E-state index contributed by atoms with van der Waals surface area (Å²) in [6.45, 7) is 3.62. The van der Waals surface area contributed by atoms with Crippen molar-refractivity contribution in [1.82, 2.24) is 4.57 Å². The summed E-state index contributed by atoms with van der Waals surface area (Å²) < 4.78 is 7.42. The SMILES string of the molecule is CCOC(=O)c1cn(C2CC2)c2c(C)c(Br)cc(C(=O)O)c2c1=O. The second-order valence-corrected chi connectivity index (χ2v) is 6.64. The van der Waals surface area contributed by atoms with Crippen molar-refractivity contribution >= 4 is 38.8 Å².